The molecule has 4 nitrogen and oxygen atoms in total. The van der Waals surface area contributed by atoms with Gasteiger partial charge in [-0.25, -0.2) is 0 Å². The molecular weight excluding hydrogens is 206 g/mol. The van der Waals surface area contributed by atoms with E-state index in [9.17, 15) is 4.79 Å². The van der Waals surface area contributed by atoms with E-state index in [1.54, 1.807) is 7.11 Å². The topological polar surface area (TPSA) is 58.6 Å². The molecule has 0 aliphatic heterocycles. The molecule has 0 saturated heterocycles. The van der Waals surface area contributed by atoms with E-state index in [2.05, 4.69) is 5.32 Å². The van der Waals surface area contributed by atoms with Crippen LogP contribution in [-0.2, 0) is 9.53 Å². The monoisotopic (exact) mass is 229 g/mol. The third kappa shape index (κ3) is 4.94. The molecule has 1 aliphatic carbocycles. The number of unbranched alkanes of at least 4 members (excludes halogenated alkanes) is 1. The smallest absolute Gasteiger partial charge is 0.306 e. The van der Waals surface area contributed by atoms with Gasteiger partial charge in [0.15, 0.2) is 0 Å². The number of ether oxygens (including phenoxy) is 1. The summed E-state index contributed by atoms with van der Waals surface area (Å²) in [7, 11) is 1.72. The van der Waals surface area contributed by atoms with Crippen molar-refractivity contribution in [3.63, 3.8) is 0 Å². The Kier molecular flexibility index (Phi) is 6.42. The van der Waals surface area contributed by atoms with Crippen molar-refractivity contribution >= 4 is 5.97 Å². The first-order valence-electron chi connectivity index (χ1n) is 6.19. The molecule has 0 unspecified atom stereocenters. The van der Waals surface area contributed by atoms with E-state index < -0.39 is 5.97 Å². The largest absolute Gasteiger partial charge is 0.481 e. The number of aliphatic carboxylic acids is 1. The molecule has 1 saturated carbocycles. The second-order valence-corrected chi connectivity index (χ2v) is 4.54. The molecule has 1 aliphatic rings. The number of hydrogen-bond donors (Lipinski definition) is 2. The maximum Gasteiger partial charge on any atom is 0.306 e. The number of methoxy groups -OCH3 is 1. The van der Waals surface area contributed by atoms with Crippen molar-refractivity contribution in [3.05, 3.63) is 0 Å². The van der Waals surface area contributed by atoms with Crippen LogP contribution < -0.4 is 5.32 Å². The highest BCUT2D eigenvalue weighted by atomic mass is 16.5. The van der Waals surface area contributed by atoms with Gasteiger partial charge in [-0.05, 0) is 45.1 Å². The van der Waals surface area contributed by atoms with Gasteiger partial charge in [0.1, 0.15) is 0 Å². The maximum atomic E-state index is 10.8. The van der Waals surface area contributed by atoms with Crippen LogP contribution in [0.2, 0.25) is 0 Å². The summed E-state index contributed by atoms with van der Waals surface area (Å²) >= 11 is 0. The SMILES string of the molecule is COCCCCNC1CCC(C(=O)O)CC1. The fraction of sp³-hybridized carbons (Fsp3) is 0.917. The molecule has 0 heterocycles. The van der Waals surface area contributed by atoms with Gasteiger partial charge in [-0.1, -0.05) is 0 Å². The highest BCUT2D eigenvalue weighted by Gasteiger charge is 2.25. The normalized spacial score (nSPS) is 25.6. The Morgan fingerprint density at radius 1 is 1.31 bits per heavy atom. The van der Waals surface area contributed by atoms with Gasteiger partial charge in [-0.15, -0.1) is 0 Å². The number of carbonyl (C=O) groups is 1. The van der Waals surface area contributed by atoms with Crippen LogP contribution in [0.3, 0.4) is 0 Å². The predicted octanol–water partition coefficient (Wildman–Crippen LogP) is 1.65. The summed E-state index contributed by atoms with van der Waals surface area (Å²) in [5.41, 5.74) is 0. The number of carboxylic acid groups (broad SMARTS) is 1. The summed E-state index contributed by atoms with van der Waals surface area (Å²) in [5.74, 6) is -0.731. The first kappa shape index (κ1) is 13.5. The van der Waals surface area contributed by atoms with Crippen molar-refractivity contribution in [1.82, 2.24) is 5.32 Å². The molecule has 0 bridgehead atoms. The Morgan fingerprint density at radius 2 is 2.00 bits per heavy atom. The van der Waals surface area contributed by atoms with Crippen LogP contribution in [0.1, 0.15) is 38.5 Å². The molecule has 0 aromatic rings. The molecule has 0 radical (unpaired) electrons. The third-order valence-corrected chi connectivity index (χ3v) is 3.28. The second-order valence-electron chi connectivity index (χ2n) is 4.54. The molecule has 0 aromatic heterocycles. The Morgan fingerprint density at radius 3 is 2.56 bits per heavy atom. The molecule has 94 valence electrons. The summed E-state index contributed by atoms with van der Waals surface area (Å²) < 4.78 is 4.98. The van der Waals surface area contributed by atoms with Crippen molar-refractivity contribution in [3.8, 4) is 0 Å². The van der Waals surface area contributed by atoms with Crippen molar-refractivity contribution in [2.75, 3.05) is 20.3 Å². The molecule has 1 rings (SSSR count). The first-order chi connectivity index (χ1) is 7.74. The number of nitrogens with one attached hydrogen (secondary N) is 1. The van der Waals surface area contributed by atoms with Crippen LogP contribution in [0, 0.1) is 5.92 Å². The average molecular weight is 229 g/mol. The molecule has 0 aromatic carbocycles. The number of rotatable bonds is 7. The minimum absolute atomic E-state index is 0.105. The highest BCUT2D eigenvalue weighted by molar-refractivity contribution is 5.70. The van der Waals surface area contributed by atoms with Crippen molar-refractivity contribution < 1.29 is 14.6 Å². The van der Waals surface area contributed by atoms with Crippen LogP contribution >= 0.6 is 0 Å². The zero-order valence-electron chi connectivity index (χ0n) is 10.1. The summed E-state index contributed by atoms with van der Waals surface area (Å²) in [6.45, 7) is 1.85. The van der Waals surface area contributed by atoms with E-state index in [1.807, 2.05) is 0 Å². The lowest BCUT2D eigenvalue weighted by Crippen LogP contribution is -2.35. The van der Waals surface area contributed by atoms with E-state index in [1.165, 1.54) is 0 Å². The molecule has 16 heavy (non-hydrogen) atoms. The molecular formula is C12H23NO3. The third-order valence-electron chi connectivity index (χ3n) is 3.28. The van der Waals surface area contributed by atoms with Crippen molar-refractivity contribution in [1.29, 1.82) is 0 Å². The number of carboxylic acids is 1. The Bertz CT molecular complexity index is 200. The molecule has 2 N–H and O–H groups in total. The van der Waals surface area contributed by atoms with Crippen LogP contribution in [-0.4, -0.2) is 37.4 Å². The lowest BCUT2D eigenvalue weighted by molar-refractivity contribution is -0.142. The van der Waals surface area contributed by atoms with E-state index in [0.717, 1.165) is 51.7 Å². The van der Waals surface area contributed by atoms with Crippen LogP contribution in [0.4, 0.5) is 0 Å². The van der Waals surface area contributed by atoms with Gasteiger partial charge in [0, 0.05) is 19.8 Å². The maximum absolute atomic E-state index is 10.8. The van der Waals surface area contributed by atoms with Gasteiger partial charge in [0.2, 0.25) is 0 Å². The summed E-state index contributed by atoms with van der Waals surface area (Å²) in [4.78, 5) is 10.8. The predicted molar refractivity (Wildman–Crippen MR) is 62.5 cm³/mol. The zero-order valence-corrected chi connectivity index (χ0v) is 10.1. The average Bonchev–Trinajstić information content (AvgIpc) is 2.29. The first-order valence-corrected chi connectivity index (χ1v) is 6.19. The van der Waals surface area contributed by atoms with Crippen molar-refractivity contribution in [2.24, 2.45) is 5.92 Å². The Balaban J connectivity index is 2.02. The van der Waals surface area contributed by atoms with E-state index in [0.29, 0.717) is 6.04 Å². The zero-order chi connectivity index (χ0) is 11.8. The molecule has 0 amide bonds. The second kappa shape index (κ2) is 7.63. The Hall–Kier alpha value is -0.610. The van der Waals surface area contributed by atoms with Crippen LogP contribution in [0.15, 0.2) is 0 Å². The molecule has 4 heteroatoms. The minimum atomic E-state index is -0.626. The molecule has 1 fully saturated rings. The Labute approximate surface area is 97.4 Å². The van der Waals surface area contributed by atoms with Gasteiger partial charge in [-0.3, -0.25) is 4.79 Å². The molecule has 0 spiro atoms. The molecule has 0 atom stereocenters. The summed E-state index contributed by atoms with van der Waals surface area (Å²) in [6.07, 6.45) is 5.87. The van der Waals surface area contributed by atoms with Gasteiger partial charge in [-0.2, -0.15) is 0 Å². The lowest BCUT2D eigenvalue weighted by atomic mass is 9.86. The van der Waals surface area contributed by atoms with Gasteiger partial charge in [0.05, 0.1) is 5.92 Å². The highest BCUT2D eigenvalue weighted by Crippen LogP contribution is 2.24. The minimum Gasteiger partial charge on any atom is -0.481 e. The van der Waals surface area contributed by atoms with E-state index in [-0.39, 0.29) is 5.92 Å². The quantitative estimate of drug-likeness (QED) is 0.652. The summed E-state index contributed by atoms with van der Waals surface area (Å²) in [6, 6.07) is 0.526. The van der Waals surface area contributed by atoms with Gasteiger partial charge in [0.25, 0.3) is 0 Å². The number of hydrogen-bond acceptors (Lipinski definition) is 3. The fourth-order valence-corrected chi connectivity index (χ4v) is 2.22. The summed E-state index contributed by atoms with van der Waals surface area (Å²) in [5, 5.41) is 12.4. The van der Waals surface area contributed by atoms with Gasteiger partial charge < -0.3 is 15.2 Å². The van der Waals surface area contributed by atoms with Crippen LogP contribution in [0.5, 0.6) is 0 Å². The lowest BCUT2D eigenvalue weighted by Gasteiger charge is -2.26. The van der Waals surface area contributed by atoms with E-state index >= 15 is 0 Å². The van der Waals surface area contributed by atoms with Crippen molar-refractivity contribution in [2.45, 2.75) is 44.6 Å². The van der Waals surface area contributed by atoms with E-state index in [4.69, 9.17) is 9.84 Å². The standard InChI is InChI=1S/C12H23NO3/c1-16-9-3-2-8-13-11-6-4-10(5-7-11)12(14)15/h10-11,13H,2-9H2,1H3,(H,14,15). The van der Waals surface area contributed by atoms with Crippen LogP contribution in [0.25, 0.3) is 0 Å². The fourth-order valence-electron chi connectivity index (χ4n) is 2.22. The van der Waals surface area contributed by atoms with Gasteiger partial charge >= 0.3 is 5.97 Å².